The summed E-state index contributed by atoms with van der Waals surface area (Å²) in [5.41, 5.74) is 1.08. The van der Waals surface area contributed by atoms with Crippen molar-refractivity contribution in [2.45, 2.75) is 11.4 Å². The number of carboxylic acid groups (broad SMARTS) is 1. The van der Waals surface area contributed by atoms with Gasteiger partial charge in [-0.25, -0.2) is 27.7 Å². The monoisotopic (exact) mass is 480 g/mol. The van der Waals surface area contributed by atoms with Crippen LogP contribution in [0.3, 0.4) is 0 Å². The number of halogens is 1. The number of carbonyl (C=O) groups excluding carboxylic acids is 1. The standard InChI is InChI=1S/C19H17ClN4O5S2/c1-24(19(26)27)11-15-21-16(12-5-3-2-4-6-12)17(30-15)22-18(25)23-31(28,29)14-9-7-13(20)8-10-14/h2-10H,11H2,1H3,(H,26,27)(H2,22,23,25). The lowest BCUT2D eigenvalue weighted by molar-refractivity contribution is 0.153. The first kappa shape index (κ1) is 22.5. The first-order valence-electron chi connectivity index (χ1n) is 8.74. The average Bonchev–Trinajstić information content (AvgIpc) is 3.10. The minimum atomic E-state index is -4.12. The Morgan fingerprint density at radius 3 is 2.39 bits per heavy atom. The quantitative estimate of drug-likeness (QED) is 0.487. The highest BCUT2D eigenvalue weighted by Gasteiger charge is 2.21. The van der Waals surface area contributed by atoms with E-state index in [1.807, 2.05) is 10.8 Å². The highest BCUT2D eigenvalue weighted by molar-refractivity contribution is 7.90. The summed E-state index contributed by atoms with van der Waals surface area (Å²) in [7, 11) is -2.73. The van der Waals surface area contributed by atoms with E-state index in [1.54, 1.807) is 24.3 Å². The van der Waals surface area contributed by atoms with Crippen LogP contribution in [0.1, 0.15) is 5.01 Å². The number of nitrogens with zero attached hydrogens (tertiary/aromatic N) is 2. The van der Waals surface area contributed by atoms with Gasteiger partial charge in [-0.15, -0.1) is 0 Å². The molecule has 0 spiro atoms. The van der Waals surface area contributed by atoms with Crippen LogP contribution in [0.25, 0.3) is 11.3 Å². The molecular formula is C19H17ClN4O5S2. The van der Waals surface area contributed by atoms with E-state index >= 15 is 0 Å². The molecule has 0 fully saturated rings. The summed E-state index contributed by atoms with van der Waals surface area (Å²) in [5.74, 6) is 0. The molecule has 9 nitrogen and oxygen atoms in total. The number of hydrogen-bond donors (Lipinski definition) is 3. The van der Waals surface area contributed by atoms with Crippen molar-refractivity contribution < 1.29 is 23.1 Å². The number of benzene rings is 2. The maximum absolute atomic E-state index is 12.4. The normalized spacial score (nSPS) is 11.0. The fraction of sp³-hybridized carbons (Fsp3) is 0.105. The van der Waals surface area contributed by atoms with E-state index in [0.717, 1.165) is 16.2 Å². The van der Waals surface area contributed by atoms with Gasteiger partial charge in [0.2, 0.25) is 0 Å². The van der Waals surface area contributed by atoms with E-state index in [2.05, 4.69) is 10.3 Å². The Kier molecular flexibility index (Phi) is 6.78. The average molecular weight is 481 g/mol. The van der Waals surface area contributed by atoms with Crippen molar-refractivity contribution in [2.24, 2.45) is 0 Å². The van der Waals surface area contributed by atoms with E-state index in [1.165, 1.54) is 31.3 Å². The molecule has 1 aromatic heterocycles. The van der Waals surface area contributed by atoms with Crippen LogP contribution in [0.2, 0.25) is 5.02 Å². The number of sulfonamides is 1. The lowest BCUT2D eigenvalue weighted by atomic mass is 10.2. The molecule has 31 heavy (non-hydrogen) atoms. The van der Waals surface area contributed by atoms with Crippen molar-refractivity contribution in [1.29, 1.82) is 0 Å². The van der Waals surface area contributed by atoms with E-state index in [9.17, 15) is 18.0 Å². The smallest absolute Gasteiger partial charge is 0.407 e. The molecular weight excluding hydrogens is 464 g/mol. The molecule has 12 heteroatoms. The zero-order valence-corrected chi connectivity index (χ0v) is 18.5. The zero-order chi connectivity index (χ0) is 22.6. The van der Waals surface area contributed by atoms with Crippen molar-refractivity contribution in [3.8, 4) is 11.3 Å². The van der Waals surface area contributed by atoms with Gasteiger partial charge in [-0.2, -0.15) is 0 Å². The Morgan fingerprint density at radius 1 is 1.13 bits per heavy atom. The number of amides is 3. The number of anilines is 1. The summed E-state index contributed by atoms with van der Waals surface area (Å²) >= 11 is 6.82. The molecule has 0 aliphatic heterocycles. The number of thiazole rings is 1. The number of urea groups is 1. The van der Waals surface area contributed by atoms with Gasteiger partial charge in [0.05, 0.1) is 11.4 Å². The van der Waals surface area contributed by atoms with Gasteiger partial charge in [0.25, 0.3) is 10.0 Å². The van der Waals surface area contributed by atoms with Gasteiger partial charge in [-0.05, 0) is 24.3 Å². The Bertz CT molecular complexity index is 1200. The van der Waals surface area contributed by atoms with Gasteiger partial charge in [0.1, 0.15) is 15.7 Å². The Labute approximate surface area is 187 Å². The third-order valence-corrected chi connectivity index (χ3v) is 6.55. The van der Waals surface area contributed by atoms with Crippen molar-refractivity contribution >= 4 is 50.1 Å². The minimum Gasteiger partial charge on any atom is -0.465 e. The molecule has 3 rings (SSSR count). The van der Waals surface area contributed by atoms with Crippen molar-refractivity contribution in [3.05, 3.63) is 64.6 Å². The molecule has 3 amide bonds. The second-order valence-electron chi connectivity index (χ2n) is 6.30. The SMILES string of the molecule is CN(Cc1nc(-c2ccccc2)c(NC(=O)NS(=O)(=O)c2ccc(Cl)cc2)s1)C(=O)O. The Balaban J connectivity index is 1.85. The molecule has 0 saturated carbocycles. The molecule has 162 valence electrons. The third kappa shape index (κ3) is 5.72. The van der Waals surface area contributed by atoms with Crippen LogP contribution in [0.5, 0.6) is 0 Å². The van der Waals surface area contributed by atoms with E-state index < -0.39 is 22.1 Å². The molecule has 3 aromatic rings. The highest BCUT2D eigenvalue weighted by atomic mass is 35.5. The van der Waals surface area contributed by atoms with Gasteiger partial charge in [0.15, 0.2) is 0 Å². The molecule has 0 atom stereocenters. The highest BCUT2D eigenvalue weighted by Crippen LogP contribution is 2.33. The molecule has 1 heterocycles. The summed E-state index contributed by atoms with van der Waals surface area (Å²) in [6.45, 7) is 0.00616. The fourth-order valence-corrected chi connectivity index (χ4v) is 4.57. The number of carbonyl (C=O) groups is 2. The molecule has 0 unspecified atom stereocenters. The summed E-state index contributed by atoms with van der Waals surface area (Å²) in [6, 6.07) is 13.3. The second-order valence-corrected chi connectivity index (χ2v) is 9.51. The van der Waals surface area contributed by atoms with E-state index in [4.69, 9.17) is 16.7 Å². The van der Waals surface area contributed by atoms with Gasteiger partial charge in [0, 0.05) is 17.6 Å². The molecule has 0 radical (unpaired) electrons. The van der Waals surface area contributed by atoms with E-state index in [0.29, 0.717) is 21.3 Å². The first-order chi connectivity index (χ1) is 14.7. The molecule has 0 aliphatic rings. The van der Waals surface area contributed by atoms with Crippen molar-refractivity contribution in [1.82, 2.24) is 14.6 Å². The van der Waals surface area contributed by atoms with Crippen LogP contribution in [-0.4, -0.2) is 42.6 Å². The fourth-order valence-electron chi connectivity index (χ4n) is 2.50. The molecule has 0 bridgehead atoms. The number of aromatic nitrogens is 1. The minimum absolute atomic E-state index is 0.00616. The van der Waals surface area contributed by atoms with Crippen LogP contribution >= 0.6 is 22.9 Å². The van der Waals surface area contributed by atoms with Crippen molar-refractivity contribution in [3.63, 3.8) is 0 Å². The molecule has 2 aromatic carbocycles. The lowest BCUT2D eigenvalue weighted by Gasteiger charge is -2.09. The Morgan fingerprint density at radius 2 is 1.77 bits per heavy atom. The predicted octanol–water partition coefficient (Wildman–Crippen LogP) is 4.08. The summed E-state index contributed by atoms with van der Waals surface area (Å²) in [6.07, 6.45) is -1.13. The van der Waals surface area contributed by atoms with Gasteiger partial charge in [-0.1, -0.05) is 53.3 Å². The summed E-state index contributed by atoms with van der Waals surface area (Å²) < 4.78 is 26.8. The molecule has 0 saturated heterocycles. The topological polar surface area (TPSA) is 129 Å². The van der Waals surface area contributed by atoms with Crippen LogP contribution in [-0.2, 0) is 16.6 Å². The summed E-state index contributed by atoms with van der Waals surface area (Å²) in [4.78, 5) is 28.9. The van der Waals surface area contributed by atoms with Crippen LogP contribution < -0.4 is 10.0 Å². The van der Waals surface area contributed by atoms with Gasteiger partial charge in [-0.3, -0.25) is 5.32 Å². The van der Waals surface area contributed by atoms with Crippen LogP contribution in [0.15, 0.2) is 59.5 Å². The van der Waals surface area contributed by atoms with Gasteiger partial charge < -0.3 is 10.0 Å². The van der Waals surface area contributed by atoms with Gasteiger partial charge >= 0.3 is 12.1 Å². The number of nitrogens with one attached hydrogen (secondary N) is 2. The van der Waals surface area contributed by atoms with E-state index in [-0.39, 0.29) is 16.4 Å². The number of rotatable bonds is 6. The largest absolute Gasteiger partial charge is 0.465 e. The number of hydrogen-bond acceptors (Lipinski definition) is 6. The maximum atomic E-state index is 12.4. The zero-order valence-electron chi connectivity index (χ0n) is 16.1. The van der Waals surface area contributed by atoms with Crippen LogP contribution in [0.4, 0.5) is 14.6 Å². The predicted molar refractivity (Wildman–Crippen MR) is 118 cm³/mol. The lowest BCUT2D eigenvalue weighted by Crippen LogP contribution is -2.34. The summed E-state index contributed by atoms with van der Waals surface area (Å²) in [5, 5.41) is 12.7. The molecule has 0 aliphatic carbocycles. The molecule has 3 N–H and O–H groups in total. The Hall–Kier alpha value is -3.15. The van der Waals surface area contributed by atoms with Crippen molar-refractivity contribution in [2.75, 3.05) is 12.4 Å². The maximum Gasteiger partial charge on any atom is 0.407 e. The third-order valence-electron chi connectivity index (χ3n) is 4.00. The van der Waals surface area contributed by atoms with Crippen LogP contribution in [0, 0.1) is 0 Å². The first-order valence-corrected chi connectivity index (χ1v) is 11.4. The second kappa shape index (κ2) is 9.33.